The molecule has 2 aromatic carbocycles. The number of nitrogens with one attached hydrogen (secondary N) is 2. The van der Waals surface area contributed by atoms with Crippen molar-refractivity contribution in [2.75, 3.05) is 10.6 Å². The van der Waals surface area contributed by atoms with E-state index in [0.717, 1.165) is 6.07 Å². The Kier molecular flexibility index (Phi) is 5.77. The van der Waals surface area contributed by atoms with Gasteiger partial charge in [0.15, 0.2) is 0 Å². The van der Waals surface area contributed by atoms with Gasteiger partial charge in [0.1, 0.15) is 11.6 Å². The molecule has 0 aliphatic heterocycles. The minimum atomic E-state index is -4.39. The van der Waals surface area contributed by atoms with Gasteiger partial charge in [0.2, 0.25) is 0 Å². The second-order valence-electron chi connectivity index (χ2n) is 4.78. The van der Waals surface area contributed by atoms with Gasteiger partial charge >= 0.3 is 0 Å². The average Bonchev–Trinajstić information content (AvgIpc) is 2.56. The van der Waals surface area contributed by atoms with Crippen LogP contribution in [-0.4, -0.2) is 18.9 Å². The number of anilines is 2. The molecule has 0 saturated heterocycles. The first-order chi connectivity index (χ1) is 11.8. The third-order valence-corrected chi connectivity index (χ3v) is 4.08. The Balaban J connectivity index is 2.14. The Labute approximate surface area is 149 Å². The Bertz CT molecular complexity index is 964. The van der Waals surface area contributed by atoms with E-state index in [1.54, 1.807) is 30.3 Å². The van der Waals surface area contributed by atoms with Crippen LogP contribution in [0.4, 0.5) is 11.4 Å². The molecule has 0 atom stereocenters. The molecular formula is C16H12ClN3O4S. The lowest BCUT2D eigenvalue weighted by molar-refractivity contribution is -0.112. The van der Waals surface area contributed by atoms with Gasteiger partial charge in [0, 0.05) is 22.6 Å². The second kappa shape index (κ2) is 7.81. The van der Waals surface area contributed by atoms with E-state index in [-0.39, 0.29) is 16.2 Å². The number of amides is 1. The molecule has 3 N–H and O–H groups in total. The maximum Gasteiger partial charge on any atom is 0.294 e. The molecule has 0 aliphatic rings. The molecule has 9 heteroatoms. The number of nitriles is 1. The summed E-state index contributed by atoms with van der Waals surface area (Å²) in [6, 6.07) is 13.4. The van der Waals surface area contributed by atoms with E-state index in [9.17, 15) is 13.2 Å². The third-order valence-electron chi connectivity index (χ3n) is 2.98. The first kappa shape index (κ1) is 18.5. The maximum atomic E-state index is 12.1. The summed E-state index contributed by atoms with van der Waals surface area (Å²) < 4.78 is 31.2. The van der Waals surface area contributed by atoms with Gasteiger partial charge in [-0.25, -0.2) is 0 Å². The van der Waals surface area contributed by atoms with Crippen LogP contribution in [0.5, 0.6) is 0 Å². The highest BCUT2D eigenvalue weighted by atomic mass is 35.5. The summed E-state index contributed by atoms with van der Waals surface area (Å²) >= 11 is 5.77. The van der Waals surface area contributed by atoms with E-state index < -0.39 is 16.0 Å². The van der Waals surface area contributed by atoms with E-state index in [4.69, 9.17) is 21.4 Å². The smallest absolute Gasteiger partial charge is 0.294 e. The van der Waals surface area contributed by atoms with Crippen molar-refractivity contribution in [2.45, 2.75) is 4.90 Å². The maximum absolute atomic E-state index is 12.1. The van der Waals surface area contributed by atoms with E-state index >= 15 is 0 Å². The van der Waals surface area contributed by atoms with Crippen LogP contribution in [0.2, 0.25) is 5.02 Å². The van der Waals surface area contributed by atoms with Crippen LogP contribution in [0.25, 0.3) is 0 Å². The summed E-state index contributed by atoms with van der Waals surface area (Å²) in [4.78, 5) is 11.7. The molecule has 2 rings (SSSR count). The molecule has 0 heterocycles. The summed E-state index contributed by atoms with van der Waals surface area (Å²) in [5.41, 5.74) is 0.512. The lowest BCUT2D eigenvalue weighted by Crippen LogP contribution is -2.15. The first-order valence-electron chi connectivity index (χ1n) is 6.81. The summed E-state index contributed by atoms with van der Waals surface area (Å²) in [7, 11) is -4.39. The Hall–Kier alpha value is -2.86. The molecule has 0 saturated carbocycles. The van der Waals surface area contributed by atoms with Crippen LogP contribution < -0.4 is 10.6 Å². The van der Waals surface area contributed by atoms with Gasteiger partial charge < -0.3 is 10.6 Å². The van der Waals surface area contributed by atoms with E-state index in [1.807, 2.05) is 0 Å². The predicted molar refractivity (Wildman–Crippen MR) is 93.7 cm³/mol. The number of rotatable bonds is 5. The van der Waals surface area contributed by atoms with Crippen molar-refractivity contribution in [1.82, 2.24) is 0 Å². The zero-order chi connectivity index (χ0) is 18.4. The van der Waals surface area contributed by atoms with Crippen molar-refractivity contribution in [3.63, 3.8) is 0 Å². The summed E-state index contributed by atoms with van der Waals surface area (Å²) in [5.74, 6) is -0.739. The number of hydrogen-bond acceptors (Lipinski definition) is 5. The molecule has 0 fully saturated rings. The summed E-state index contributed by atoms with van der Waals surface area (Å²) in [6.45, 7) is 0. The number of carbonyl (C=O) groups excluding carboxylic acids is 1. The third kappa shape index (κ3) is 5.32. The number of hydrogen-bond donors (Lipinski definition) is 3. The van der Waals surface area contributed by atoms with E-state index in [1.165, 1.54) is 24.4 Å². The first-order valence-corrected chi connectivity index (χ1v) is 8.62. The van der Waals surface area contributed by atoms with Crippen LogP contribution in [-0.2, 0) is 14.9 Å². The lowest BCUT2D eigenvalue weighted by Gasteiger charge is -2.06. The number of benzene rings is 2. The van der Waals surface area contributed by atoms with Gasteiger partial charge in [-0.15, -0.1) is 0 Å². The highest BCUT2D eigenvalue weighted by Gasteiger charge is 2.13. The molecule has 0 aliphatic carbocycles. The SMILES string of the molecule is N#C/C(=C/Nc1ccc(Cl)cc1)C(=O)Nc1cccc(S(=O)(=O)O)c1. The van der Waals surface area contributed by atoms with Gasteiger partial charge in [-0.1, -0.05) is 17.7 Å². The van der Waals surface area contributed by atoms with Crippen LogP contribution in [0.15, 0.2) is 65.2 Å². The van der Waals surface area contributed by atoms with Gasteiger partial charge in [0.05, 0.1) is 4.90 Å². The van der Waals surface area contributed by atoms with Crippen molar-refractivity contribution in [2.24, 2.45) is 0 Å². The Morgan fingerprint density at radius 3 is 2.44 bits per heavy atom. The average molecular weight is 378 g/mol. The highest BCUT2D eigenvalue weighted by Crippen LogP contribution is 2.16. The molecule has 7 nitrogen and oxygen atoms in total. The van der Waals surface area contributed by atoms with Gasteiger partial charge in [-0.2, -0.15) is 13.7 Å². The van der Waals surface area contributed by atoms with Crippen molar-refractivity contribution in [1.29, 1.82) is 5.26 Å². The predicted octanol–water partition coefficient (Wildman–Crippen LogP) is 3.04. The van der Waals surface area contributed by atoms with Gasteiger partial charge in [-0.3, -0.25) is 9.35 Å². The standard InChI is InChI=1S/C16H12ClN3O4S/c17-12-4-6-13(7-5-12)19-10-11(9-18)16(21)20-14-2-1-3-15(8-14)25(22,23)24/h1-8,10,19H,(H,20,21)(H,22,23,24)/b11-10-. The van der Waals surface area contributed by atoms with Crippen molar-refractivity contribution in [3.8, 4) is 6.07 Å². The largest absolute Gasteiger partial charge is 0.360 e. The number of carbonyl (C=O) groups is 1. The van der Waals surface area contributed by atoms with Crippen LogP contribution in [0.3, 0.4) is 0 Å². The van der Waals surface area contributed by atoms with Crippen LogP contribution >= 0.6 is 11.6 Å². The molecule has 2 aromatic rings. The lowest BCUT2D eigenvalue weighted by atomic mass is 10.2. The normalized spacial score (nSPS) is 11.5. The van der Waals surface area contributed by atoms with Crippen molar-refractivity contribution < 1.29 is 17.8 Å². The summed E-state index contributed by atoms with van der Waals surface area (Å²) in [5, 5.41) is 14.8. The molecule has 0 aromatic heterocycles. The highest BCUT2D eigenvalue weighted by molar-refractivity contribution is 7.85. The molecule has 128 valence electrons. The van der Waals surface area contributed by atoms with Crippen LogP contribution in [0.1, 0.15) is 0 Å². The molecule has 1 amide bonds. The van der Waals surface area contributed by atoms with Crippen molar-refractivity contribution >= 4 is 39.0 Å². The van der Waals surface area contributed by atoms with Crippen LogP contribution in [0, 0.1) is 11.3 Å². The minimum absolute atomic E-state index is 0.118. The molecular weight excluding hydrogens is 366 g/mol. The summed E-state index contributed by atoms with van der Waals surface area (Å²) in [6.07, 6.45) is 1.21. The molecule has 25 heavy (non-hydrogen) atoms. The number of nitrogens with zero attached hydrogens (tertiary/aromatic N) is 1. The molecule has 0 unspecified atom stereocenters. The molecule has 0 bridgehead atoms. The zero-order valence-electron chi connectivity index (χ0n) is 12.6. The van der Waals surface area contributed by atoms with E-state index in [2.05, 4.69) is 10.6 Å². The fourth-order valence-electron chi connectivity index (χ4n) is 1.78. The Morgan fingerprint density at radius 1 is 1.16 bits per heavy atom. The minimum Gasteiger partial charge on any atom is -0.360 e. The molecule has 0 radical (unpaired) electrons. The number of halogens is 1. The van der Waals surface area contributed by atoms with Gasteiger partial charge in [-0.05, 0) is 42.5 Å². The molecule has 0 spiro atoms. The van der Waals surface area contributed by atoms with Gasteiger partial charge in [0.25, 0.3) is 16.0 Å². The quantitative estimate of drug-likeness (QED) is 0.418. The second-order valence-corrected chi connectivity index (χ2v) is 6.64. The van der Waals surface area contributed by atoms with Crippen molar-refractivity contribution in [3.05, 3.63) is 65.3 Å². The Morgan fingerprint density at radius 2 is 1.84 bits per heavy atom. The fourth-order valence-corrected chi connectivity index (χ4v) is 2.44. The monoisotopic (exact) mass is 377 g/mol. The van der Waals surface area contributed by atoms with E-state index in [0.29, 0.717) is 10.7 Å². The zero-order valence-corrected chi connectivity index (χ0v) is 14.2. The fraction of sp³-hybridized carbons (Fsp3) is 0. The topological polar surface area (TPSA) is 119 Å².